The number of rotatable bonds is 1. The molecule has 0 saturated carbocycles. The molecule has 5 heteroatoms. The number of H-pyrrole nitrogens is 1. The molecule has 13 heavy (non-hydrogen) atoms. The number of nitrogen functional groups attached to an aromatic ring is 1. The van der Waals surface area contributed by atoms with Gasteiger partial charge in [0, 0.05) is 5.56 Å². The number of nitrogens with two attached hydrogens (primary N) is 1. The molecule has 2 aromatic rings. The molecule has 0 atom stereocenters. The molecule has 0 fully saturated rings. The zero-order chi connectivity index (χ0) is 9.26. The van der Waals surface area contributed by atoms with Gasteiger partial charge in [0.05, 0.1) is 0 Å². The first-order valence-corrected chi connectivity index (χ1v) is 3.73. The number of aromatic amines is 1. The van der Waals surface area contributed by atoms with Gasteiger partial charge in [0.1, 0.15) is 11.4 Å². The van der Waals surface area contributed by atoms with Crippen molar-refractivity contribution >= 4 is 5.82 Å². The van der Waals surface area contributed by atoms with Crippen LogP contribution in [0.5, 0.6) is 5.75 Å². The molecule has 5 nitrogen and oxygen atoms in total. The minimum atomic E-state index is 0.214. The summed E-state index contributed by atoms with van der Waals surface area (Å²) in [6, 6.07) is 6.60. The third kappa shape index (κ3) is 1.31. The van der Waals surface area contributed by atoms with E-state index < -0.39 is 0 Å². The Labute approximate surface area is 74.2 Å². The van der Waals surface area contributed by atoms with E-state index in [1.807, 2.05) is 0 Å². The summed E-state index contributed by atoms with van der Waals surface area (Å²) >= 11 is 0. The Morgan fingerprint density at radius 1 is 1.15 bits per heavy atom. The van der Waals surface area contributed by atoms with E-state index in [-0.39, 0.29) is 5.75 Å². The van der Waals surface area contributed by atoms with Crippen LogP contribution in [0.25, 0.3) is 11.3 Å². The van der Waals surface area contributed by atoms with Crippen LogP contribution in [-0.4, -0.2) is 20.5 Å². The Morgan fingerprint density at radius 2 is 1.85 bits per heavy atom. The zero-order valence-electron chi connectivity index (χ0n) is 6.73. The average molecular weight is 176 g/mol. The molecular formula is C8H8N4O. The maximum absolute atomic E-state index is 9.05. The number of nitrogens with one attached hydrogen (secondary N) is 1. The number of aromatic hydroxyl groups is 1. The number of nitrogens with zero attached hydrogens (tertiary/aromatic N) is 2. The molecule has 0 bridgehead atoms. The van der Waals surface area contributed by atoms with Crippen LogP contribution in [0.3, 0.4) is 0 Å². The van der Waals surface area contributed by atoms with Crippen molar-refractivity contribution in [2.75, 3.05) is 5.73 Å². The highest BCUT2D eigenvalue weighted by Crippen LogP contribution is 2.22. The topological polar surface area (TPSA) is 87.8 Å². The molecule has 1 heterocycles. The van der Waals surface area contributed by atoms with Crippen molar-refractivity contribution in [2.45, 2.75) is 0 Å². The summed E-state index contributed by atoms with van der Waals surface area (Å²) in [5, 5.41) is 19.0. The molecular weight excluding hydrogens is 168 g/mol. The third-order valence-electron chi connectivity index (χ3n) is 1.72. The number of hydrogen-bond donors (Lipinski definition) is 3. The number of phenols is 1. The number of benzene rings is 1. The van der Waals surface area contributed by atoms with Gasteiger partial charge in [0.2, 0.25) is 0 Å². The summed E-state index contributed by atoms with van der Waals surface area (Å²) in [4.78, 5) is 0. The first kappa shape index (κ1) is 7.60. The van der Waals surface area contributed by atoms with Crippen LogP contribution in [0.2, 0.25) is 0 Å². The molecule has 0 spiro atoms. The first-order valence-electron chi connectivity index (χ1n) is 3.73. The number of phenolic OH excluding ortho intramolecular Hbond substituents is 1. The van der Waals surface area contributed by atoms with Gasteiger partial charge in [0.25, 0.3) is 0 Å². The normalized spacial score (nSPS) is 10.2. The molecule has 0 unspecified atom stereocenters. The monoisotopic (exact) mass is 176 g/mol. The van der Waals surface area contributed by atoms with Crippen LogP contribution < -0.4 is 5.73 Å². The maximum atomic E-state index is 9.05. The van der Waals surface area contributed by atoms with E-state index >= 15 is 0 Å². The van der Waals surface area contributed by atoms with Gasteiger partial charge in [0.15, 0.2) is 5.82 Å². The van der Waals surface area contributed by atoms with E-state index in [1.54, 1.807) is 24.3 Å². The Kier molecular flexibility index (Phi) is 1.63. The van der Waals surface area contributed by atoms with Crippen molar-refractivity contribution in [3.63, 3.8) is 0 Å². The summed E-state index contributed by atoms with van der Waals surface area (Å²) in [6.45, 7) is 0. The van der Waals surface area contributed by atoms with E-state index in [0.29, 0.717) is 11.5 Å². The van der Waals surface area contributed by atoms with Crippen LogP contribution in [0, 0.1) is 0 Å². The Morgan fingerprint density at radius 3 is 2.38 bits per heavy atom. The van der Waals surface area contributed by atoms with Crippen molar-refractivity contribution < 1.29 is 5.11 Å². The van der Waals surface area contributed by atoms with Crippen LogP contribution in [0.4, 0.5) is 5.82 Å². The van der Waals surface area contributed by atoms with E-state index in [4.69, 9.17) is 10.8 Å². The summed E-state index contributed by atoms with van der Waals surface area (Å²) < 4.78 is 0. The second-order valence-corrected chi connectivity index (χ2v) is 2.60. The number of aromatic nitrogens is 3. The molecule has 0 aliphatic heterocycles. The second kappa shape index (κ2) is 2.78. The van der Waals surface area contributed by atoms with E-state index in [9.17, 15) is 0 Å². The highest BCUT2D eigenvalue weighted by atomic mass is 16.3. The quantitative estimate of drug-likeness (QED) is 0.598. The molecule has 0 aliphatic carbocycles. The molecule has 0 saturated heterocycles. The number of hydrogen-bond acceptors (Lipinski definition) is 4. The van der Waals surface area contributed by atoms with Crippen LogP contribution in [0.15, 0.2) is 24.3 Å². The van der Waals surface area contributed by atoms with Gasteiger partial charge in [-0.25, -0.2) is 0 Å². The van der Waals surface area contributed by atoms with Gasteiger partial charge in [-0.3, -0.25) is 0 Å². The predicted octanol–water partition coefficient (Wildman–Crippen LogP) is 0.759. The maximum Gasteiger partial charge on any atom is 0.173 e. The fourth-order valence-corrected chi connectivity index (χ4v) is 1.07. The van der Waals surface area contributed by atoms with Gasteiger partial charge in [-0.2, -0.15) is 10.3 Å². The molecule has 2 rings (SSSR count). The molecule has 1 aromatic carbocycles. The van der Waals surface area contributed by atoms with E-state index in [0.717, 1.165) is 5.56 Å². The van der Waals surface area contributed by atoms with Crippen molar-refractivity contribution in [1.82, 2.24) is 15.4 Å². The lowest BCUT2D eigenvalue weighted by Crippen LogP contribution is -1.87. The molecule has 0 aliphatic rings. The molecule has 1 aromatic heterocycles. The van der Waals surface area contributed by atoms with Gasteiger partial charge >= 0.3 is 0 Å². The SMILES string of the molecule is Nc1n[nH]nc1-c1ccc(O)cc1. The van der Waals surface area contributed by atoms with E-state index in [1.165, 1.54) is 0 Å². The fraction of sp³-hybridized carbons (Fsp3) is 0. The largest absolute Gasteiger partial charge is 0.508 e. The lowest BCUT2D eigenvalue weighted by Gasteiger charge is -1.96. The minimum Gasteiger partial charge on any atom is -0.508 e. The lowest BCUT2D eigenvalue weighted by atomic mass is 10.1. The van der Waals surface area contributed by atoms with Gasteiger partial charge in [-0.05, 0) is 24.3 Å². The highest BCUT2D eigenvalue weighted by Gasteiger charge is 2.05. The summed E-state index contributed by atoms with van der Waals surface area (Å²) in [7, 11) is 0. The highest BCUT2D eigenvalue weighted by molar-refractivity contribution is 5.69. The van der Waals surface area contributed by atoms with Gasteiger partial charge < -0.3 is 10.8 Å². The average Bonchev–Trinajstić information content (AvgIpc) is 2.53. The van der Waals surface area contributed by atoms with Crippen LogP contribution in [0.1, 0.15) is 0 Å². The standard InChI is InChI=1S/C8H8N4O/c9-8-7(10-12-11-8)5-1-3-6(13)4-2-5/h1-4,13H,(H3,9,10,11,12). The molecule has 66 valence electrons. The molecule has 4 N–H and O–H groups in total. The van der Waals surface area contributed by atoms with Crippen molar-refractivity contribution in [3.05, 3.63) is 24.3 Å². The van der Waals surface area contributed by atoms with Crippen LogP contribution >= 0.6 is 0 Å². The van der Waals surface area contributed by atoms with Gasteiger partial charge in [-0.15, -0.1) is 5.10 Å². The summed E-state index contributed by atoms with van der Waals surface area (Å²) in [5.74, 6) is 0.566. The van der Waals surface area contributed by atoms with Gasteiger partial charge in [-0.1, -0.05) is 0 Å². The second-order valence-electron chi connectivity index (χ2n) is 2.60. The predicted molar refractivity (Wildman–Crippen MR) is 47.9 cm³/mol. The van der Waals surface area contributed by atoms with Crippen molar-refractivity contribution in [2.24, 2.45) is 0 Å². The first-order chi connectivity index (χ1) is 6.27. The Bertz CT molecular complexity index is 406. The minimum absolute atomic E-state index is 0.214. The van der Waals surface area contributed by atoms with E-state index in [2.05, 4.69) is 15.4 Å². The summed E-state index contributed by atoms with van der Waals surface area (Å²) in [5.41, 5.74) is 6.96. The lowest BCUT2D eigenvalue weighted by molar-refractivity contribution is 0.475. The third-order valence-corrected chi connectivity index (χ3v) is 1.72. The fourth-order valence-electron chi connectivity index (χ4n) is 1.07. The Balaban J connectivity index is 2.47. The molecule has 0 radical (unpaired) electrons. The van der Waals surface area contributed by atoms with Crippen molar-refractivity contribution in [1.29, 1.82) is 0 Å². The Hall–Kier alpha value is -2.04. The smallest absolute Gasteiger partial charge is 0.173 e. The number of anilines is 1. The summed E-state index contributed by atoms with van der Waals surface area (Å²) in [6.07, 6.45) is 0. The molecule has 0 amide bonds. The zero-order valence-corrected chi connectivity index (χ0v) is 6.73. The van der Waals surface area contributed by atoms with Crippen LogP contribution in [-0.2, 0) is 0 Å². The van der Waals surface area contributed by atoms with Crippen molar-refractivity contribution in [3.8, 4) is 17.0 Å².